The Kier molecular flexibility index (Phi) is 13.5. The Morgan fingerprint density at radius 3 is 1.41 bits per heavy atom. The van der Waals surface area contributed by atoms with Crippen molar-refractivity contribution in [2.45, 2.75) is 27.3 Å². The molecule has 8 aromatic heterocycles. The molecule has 0 unspecified atom stereocenters. The van der Waals surface area contributed by atoms with E-state index < -0.39 is 22.4 Å². The molecule has 2 N–H and O–H groups in total. The van der Waals surface area contributed by atoms with Crippen molar-refractivity contribution in [2.24, 2.45) is 14.1 Å². The van der Waals surface area contributed by atoms with Crippen LogP contribution in [0.15, 0.2) is 85.7 Å². The summed E-state index contributed by atoms with van der Waals surface area (Å²) in [5.41, 5.74) is 9.07. The third-order valence-electron chi connectivity index (χ3n) is 10.8. The first-order valence-corrected chi connectivity index (χ1v) is 21.8. The van der Waals surface area contributed by atoms with E-state index in [0.717, 1.165) is 66.6 Å². The summed E-state index contributed by atoms with van der Waals surface area (Å²) in [5.74, 6) is 2.93. The Morgan fingerprint density at radius 2 is 1.02 bits per heavy atom. The Hall–Kier alpha value is -4.34. The van der Waals surface area contributed by atoms with Gasteiger partial charge in [0.15, 0.2) is 11.3 Å². The Morgan fingerprint density at radius 1 is 0.609 bits per heavy atom. The maximum atomic E-state index is 11.4. The zero-order valence-electron chi connectivity index (χ0n) is 36.0. The van der Waals surface area contributed by atoms with Gasteiger partial charge in [-0.2, -0.15) is 0 Å². The fraction of sp³-hybridized carbons (Fsp3) is 0.200. The number of rotatable bonds is 10. The predicted octanol–water partition coefficient (Wildman–Crippen LogP) is -0.803. The van der Waals surface area contributed by atoms with Gasteiger partial charge >= 0.3 is 66.9 Å². The molecule has 0 radical (unpaired) electrons. The molecule has 0 spiro atoms. The minimum absolute atomic E-state index is 0. The van der Waals surface area contributed by atoms with E-state index in [4.69, 9.17) is 14.0 Å². The zero-order chi connectivity index (χ0) is 43.8. The average molecular weight is 927 g/mol. The minimum Gasteiger partial charge on any atom is -0.790 e. The summed E-state index contributed by atoms with van der Waals surface area (Å²) in [6.45, 7) is 2.90. The largest absolute Gasteiger partial charge is 1.00 e. The molecular weight excluding hydrogens is 888 g/mol. The molecule has 0 saturated carbocycles. The number of hydrogen-bond acceptors (Lipinski definition) is 12. The quantitative estimate of drug-likeness (QED) is 0.126. The van der Waals surface area contributed by atoms with Crippen molar-refractivity contribution in [3.05, 3.63) is 97.4 Å². The van der Waals surface area contributed by atoms with Crippen molar-refractivity contribution in [3.63, 3.8) is 0 Å². The van der Waals surface area contributed by atoms with Crippen LogP contribution in [0.4, 0.5) is 0 Å². The van der Waals surface area contributed by atoms with E-state index in [1.165, 1.54) is 0 Å². The van der Waals surface area contributed by atoms with Crippen LogP contribution in [0.5, 0.6) is 11.5 Å². The topological polar surface area (TPSA) is 238 Å². The van der Waals surface area contributed by atoms with Crippen LogP contribution in [0.3, 0.4) is 0 Å². The van der Waals surface area contributed by atoms with Gasteiger partial charge in [0.05, 0.1) is 80.3 Å². The molecule has 20 nitrogen and oxygen atoms in total. The van der Waals surface area contributed by atoms with Crippen molar-refractivity contribution in [1.82, 2.24) is 47.0 Å². The smallest absolute Gasteiger partial charge is 0.790 e. The number of imidazole rings is 2. The summed E-state index contributed by atoms with van der Waals surface area (Å²) in [6, 6.07) is 15.3. The maximum absolute atomic E-state index is 11.4. The Balaban J connectivity index is 0.000000186. The molecule has 0 aliphatic rings. The van der Waals surface area contributed by atoms with Gasteiger partial charge in [-0.1, -0.05) is 0 Å². The van der Waals surface area contributed by atoms with Gasteiger partial charge in [0.1, 0.15) is 36.6 Å². The second-order valence-corrected chi connectivity index (χ2v) is 16.9. The number of nitrogens with zero attached hydrogens (tertiary/aromatic N) is 10. The van der Waals surface area contributed by atoms with Crippen molar-refractivity contribution in [3.8, 4) is 34.0 Å². The SMILES string of the molecule is COc1ccc2c(c1)c(-c1cc3c(ncc4cnc(C)n43)n1COP(=O)(O)O)cn2C.COc1ccc2c(c1)c(-c1cc3c(ncc4cnc(C)n43)n1COP(=O)([O-])[O-])cn2C.[Na+].[Na+]. The van der Waals surface area contributed by atoms with Crippen LogP contribution in [0.2, 0.25) is 0 Å². The number of methoxy groups -OCH3 is 2. The first kappa shape index (κ1) is 47.6. The second kappa shape index (κ2) is 18.1. The average Bonchev–Trinajstić information content (AvgIpc) is 4.09. The molecule has 2 aromatic carbocycles. The molecule has 320 valence electrons. The molecule has 24 heteroatoms. The van der Waals surface area contributed by atoms with Crippen molar-refractivity contribution >= 4 is 70.8 Å². The molecule has 10 aromatic rings. The molecular formula is C40H38N10Na2O10P2. The van der Waals surface area contributed by atoms with E-state index in [2.05, 4.69) is 24.5 Å². The Bertz CT molecular complexity index is 3260. The fourth-order valence-corrected chi connectivity index (χ4v) is 8.53. The number of phosphoric ester groups is 2. The van der Waals surface area contributed by atoms with Crippen LogP contribution in [0.25, 0.3) is 77.7 Å². The van der Waals surface area contributed by atoms with Crippen LogP contribution >= 0.6 is 15.6 Å². The molecule has 8 heterocycles. The van der Waals surface area contributed by atoms with E-state index in [1.807, 2.05) is 107 Å². The standard InChI is InChI=1S/2C20H20N5O5P.2Na/c2*1-12-21-8-13-9-22-20-19(25(12)13)7-18(24(20)11-30-31(26,27)28)16-10-23(2)17-5-4-14(29-3)6-15(16)17;;/h2*4-10H,11H2,1-3H3,(H2,26,27,28);;/q;;2*+1/p-2. The van der Waals surface area contributed by atoms with E-state index in [9.17, 15) is 28.7 Å². The Labute approximate surface area is 408 Å². The van der Waals surface area contributed by atoms with E-state index in [-0.39, 0.29) is 65.8 Å². The van der Waals surface area contributed by atoms with Gasteiger partial charge in [0, 0.05) is 59.4 Å². The molecule has 0 bridgehead atoms. The van der Waals surface area contributed by atoms with Gasteiger partial charge in [0.2, 0.25) is 0 Å². The van der Waals surface area contributed by atoms with E-state index in [1.54, 1.807) is 48.1 Å². The zero-order valence-corrected chi connectivity index (χ0v) is 41.8. The number of benzene rings is 2. The predicted molar refractivity (Wildman–Crippen MR) is 225 cm³/mol. The van der Waals surface area contributed by atoms with Gasteiger partial charge in [-0.3, -0.25) is 22.5 Å². The summed E-state index contributed by atoms with van der Waals surface area (Å²) in [7, 11) is -2.82. The van der Waals surface area contributed by atoms with Crippen LogP contribution in [-0.4, -0.2) is 71.0 Å². The van der Waals surface area contributed by atoms with Crippen LogP contribution in [0.1, 0.15) is 11.6 Å². The molecule has 0 aliphatic carbocycles. The molecule has 0 atom stereocenters. The third-order valence-corrected chi connectivity index (χ3v) is 11.7. The summed E-state index contributed by atoms with van der Waals surface area (Å²) in [5, 5.41) is 1.83. The number of phosphoric acid groups is 2. The first-order valence-electron chi connectivity index (χ1n) is 18.8. The summed E-state index contributed by atoms with van der Waals surface area (Å²) in [6.07, 6.45) is 10.6. The van der Waals surface area contributed by atoms with Gasteiger partial charge in [0.25, 0.3) is 0 Å². The summed E-state index contributed by atoms with van der Waals surface area (Å²) < 4.78 is 54.0. The summed E-state index contributed by atoms with van der Waals surface area (Å²) in [4.78, 5) is 58.7. The molecule has 0 aliphatic heterocycles. The second-order valence-electron chi connectivity index (χ2n) is 14.5. The minimum atomic E-state index is -5.19. The number of ether oxygens (including phenoxy) is 2. The monoisotopic (exact) mass is 926 g/mol. The normalized spacial score (nSPS) is 12.0. The van der Waals surface area contributed by atoms with Crippen molar-refractivity contribution < 1.29 is 106 Å². The van der Waals surface area contributed by atoms with E-state index >= 15 is 0 Å². The van der Waals surface area contributed by atoms with Gasteiger partial charge in [-0.25, -0.2) is 24.5 Å². The van der Waals surface area contributed by atoms with Crippen molar-refractivity contribution in [2.75, 3.05) is 14.2 Å². The van der Waals surface area contributed by atoms with E-state index in [0.29, 0.717) is 34.2 Å². The van der Waals surface area contributed by atoms with Gasteiger partial charge in [-0.05, 0) is 62.4 Å². The molecule has 64 heavy (non-hydrogen) atoms. The van der Waals surface area contributed by atoms with Crippen LogP contribution < -0.4 is 78.4 Å². The fourth-order valence-electron chi connectivity index (χ4n) is 8.01. The molecule has 10 rings (SSSR count). The molecule has 0 saturated heterocycles. The van der Waals surface area contributed by atoms with Crippen LogP contribution in [0, 0.1) is 13.8 Å². The van der Waals surface area contributed by atoms with Gasteiger partial charge in [-0.15, -0.1) is 0 Å². The maximum Gasteiger partial charge on any atom is 1.00 e. The third kappa shape index (κ3) is 8.72. The van der Waals surface area contributed by atoms with Gasteiger partial charge < -0.3 is 47.3 Å². The molecule has 0 fully saturated rings. The number of fused-ring (bicyclic) bond motifs is 8. The number of aromatic nitrogens is 10. The number of hydrogen-bond donors (Lipinski definition) is 2. The molecule has 0 amide bonds. The first-order chi connectivity index (χ1) is 29.5. The van der Waals surface area contributed by atoms with Crippen molar-refractivity contribution in [1.29, 1.82) is 0 Å². The number of aryl methyl sites for hydroxylation is 4. The van der Waals surface area contributed by atoms with Crippen LogP contribution in [-0.2, 0) is 45.7 Å². The summed E-state index contributed by atoms with van der Waals surface area (Å²) >= 11 is 0.